The number of primary sulfonamides is 1. The molecule has 0 aromatic heterocycles. The van der Waals surface area contributed by atoms with Gasteiger partial charge in [0.25, 0.3) is 11.7 Å². The predicted octanol–water partition coefficient (Wildman–Crippen LogP) is 1.06. The van der Waals surface area contributed by atoms with E-state index >= 15 is 0 Å². The van der Waals surface area contributed by atoms with Crippen LogP contribution in [0, 0.1) is 0 Å². The molecule has 0 fully saturated rings. The zero-order valence-electron chi connectivity index (χ0n) is 11.4. The van der Waals surface area contributed by atoms with Gasteiger partial charge in [-0.1, -0.05) is 30.3 Å². The van der Waals surface area contributed by atoms with E-state index in [4.69, 9.17) is 5.14 Å². The van der Waals surface area contributed by atoms with Crippen molar-refractivity contribution in [1.29, 1.82) is 0 Å². The predicted molar refractivity (Wildman–Crippen MR) is 79.8 cm³/mol. The number of amides is 1. The molecule has 3 rings (SSSR count). The van der Waals surface area contributed by atoms with Crippen LogP contribution in [-0.2, 0) is 21.4 Å². The van der Waals surface area contributed by atoms with Crippen molar-refractivity contribution in [3.8, 4) is 0 Å². The average Bonchev–Trinajstić information content (AvgIpc) is 2.72. The fraction of sp³-hybridized carbons (Fsp3) is 0.0667. The van der Waals surface area contributed by atoms with Crippen LogP contribution in [0.15, 0.2) is 53.4 Å². The Balaban J connectivity index is 2.04. The van der Waals surface area contributed by atoms with Crippen LogP contribution in [0.25, 0.3) is 0 Å². The first-order valence-corrected chi connectivity index (χ1v) is 7.99. The number of benzene rings is 2. The molecule has 2 aromatic carbocycles. The molecule has 7 heteroatoms. The summed E-state index contributed by atoms with van der Waals surface area (Å²) >= 11 is 0. The first kappa shape index (κ1) is 14.4. The Morgan fingerprint density at radius 3 is 2.32 bits per heavy atom. The van der Waals surface area contributed by atoms with Crippen LogP contribution in [0.3, 0.4) is 0 Å². The lowest BCUT2D eigenvalue weighted by Crippen LogP contribution is -2.29. The van der Waals surface area contributed by atoms with Gasteiger partial charge in [0.2, 0.25) is 10.0 Å². The maximum atomic E-state index is 12.1. The molecule has 0 radical (unpaired) electrons. The summed E-state index contributed by atoms with van der Waals surface area (Å²) < 4.78 is 22.7. The zero-order chi connectivity index (χ0) is 15.9. The molecule has 2 N–H and O–H groups in total. The van der Waals surface area contributed by atoms with E-state index in [0.29, 0.717) is 5.69 Å². The van der Waals surface area contributed by atoms with Gasteiger partial charge in [-0.15, -0.1) is 0 Å². The van der Waals surface area contributed by atoms with E-state index in [1.54, 1.807) is 0 Å². The third kappa shape index (κ3) is 2.40. The lowest BCUT2D eigenvalue weighted by molar-refractivity contribution is -0.114. The highest BCUT2D eigenvalue weighted by atomic mass is 32.2. The van der Waals surface area contributed by atoms with Crippen molar-refractivity contribution in [2.45, 2.75) is 11.4 Å². The summed E-state index contributed by atoms with van der Waals surface area (Å²) in [5, 5.41) is 5.05. The van der Waals surface area contributed by atoms with Crippen molar-refractivity contribution in [3.63, 3.8) is 0 Å². The summed E-state index contributed by atoms with van der Waals surface area (Å²) in [5.74, 6) is -1.40. The van der Waals surface area contributed by atoms with Gasteiger partial charge >= 0.3 is 0 Å². The minimum atomic E-state index is -3.92. The molecule has 2 aromatic rings. The molecule has 0 saturated heterocycles. The van der Waals surface area contributed by atoms with Gasteiger partial charge in [-0.25, -0.2) is 13.6 Å². The van der Waals surface area contributed by atoms with Gasteiger partial charge in [0, 0.05) is 0 Å². The van der Waals surface area contributed by atoms with E-state index in [-0.39, 0.29) is 17.0 Å². The first-order chi connectivity index (χ1) is 10.4. The molecule has 0 aliphatic carbocycles. The van der Waals surface area contributed by atoms with E-state index in [9.17, 15) is 18.0 Å². The Kier molecular flexibility index (Phi) is 3.31. The number of sulfonamides is 1. The average molecular weight is 316 g/mol. The standard InChI is InChI=1S/C15H12N2O4S/c16-22(20,21)11-6-7-13-12(8-11)14(18)15(19)17(13)9-10-4-2-1-3-5-10/h1-8H,9H2,(H2,16,20,21). The summed E-state index contributed by atoms with van der Waals surface area (Å²) in [6.45, 7) is 0.243. The van der Waals surface area contributed by atoms with Crippen molar-refractivity contribution < 1.29 is 18.0 Å². The number of anilines is 1. The molecular formula is C15H12N2O4S. The molecule has 112 valence electrons. The third-order valence-electron chi connectivity index (χ3n) is 3.45. The summed E-state index contributed by atoms with van der Waals surface area (Å²) in [6.07, 6.45) is 0. The van der Waals surface area contributed by atoms with Crippen LogP contribution in [0.1, 0.15) is 15.9 Å². The van der Waals surface area contributed by atoms with Crippen LogP contribution >= 0.6 is 0 Å². The van der Waals surface area contributed by atoms with Gasteiger partial charge < -0.3 is 4.90 Å². The number of fused-ring (bicyclic) bond motifs is 1. The number of hydrogen-bond donors (Lipinski definition) is 1. The minimum Gasteiger partial charge on any atom is -0.300 e. The lowest BCUT2D eigenvalue weighted by atomic mass is 10.1. The van der Waals surface area contributed by atoms with E-state index < -0.39 is 21.7 Å². The summed E-state index contributed by atoms with van der Waals surface area (Å²) in [6, 6.07) is 13.1. The molecule has 0 saturated carbocycles. The van der Waals surface area contributed by atoms with Crippen molar-refractivity contribution in [2.75, 3.05) is 4.90 Å². The van der Waals surface area contributed by atoms with Gasteiger partial charge in [-0.2, -0.15) is 0 Å². The van der Waals surface area contributed by atoms with Gasteiger partial charge in [-0.05, 0) is 23.8 Å². The fourth-order valence-corrected chi connectivity index (χ4v) is 2.92. The smallest absolute Gasteiger partial charge is 0.299 e. The quantitative estimate of drug-likeness (QED) is 0.856. The Morgan fingerprint density at radius 2 is 1.68 bits per heavy atom. The van der Waals surface area contributed by atoms with Gasteiger partial charge in [0.15, 0.2) is 0 Å². The number of hydrogen-bond acceptors (Lipinski definition) is 4. The van der Waals surface area contributed by atoms with Gasteiger partial charge in [-0.3, -0.25) is 9.59 Å². The number of rotatable bonds is 3. The molecule has 0 bridgehead atoms. The number of ketones is 1. The lowest BCUT2D eigenvalue weighted by Gasteiger charge is -2.16. The van der Waals surface area contributed by atoms with Crippen molar-refractivity contribution in [3.05, 3.63) is 59.7 Å². The third-order valence-corrected chi connectivity index (χ3v) is 4.37. The molecule has 1 aliphatic heterocycles. The van der Waals surface area contributed by atoms with E-state index in [0.717, 1.165) is 11.6 Å². The van der Waals surface area contributed by atoms with E-state index in [1.165, 1.54) is 17.0 Å². The van der Waals surface area contributed by atoms with E-state index in [2.05, 4.69) is 0 Å². The fourth-order valence-electron chi connectivity index (χ4n) is 2.38. The highest BCUT2D eigenvalue weighted by Gasteiger charge is 2.36. The van der Waals surface area contributed by atoms with Crippen molar-refractivity contribution in [2.24, 2.45) is 5.14 Å². The van der Waals surface area contributed by atoms with Crippen LogP contribution in [0.4, 0.5) is 5.69 Å². The molecule has 0 atom stereocenters. The molecule has 0 unspecified atom stereocenters. The Bertz CT molecular complexity index is 876. The normalized spacial score (nSPS) is 14.3. The summed E-state index contributed by atoms with van der Waals surface area (Å²) in [5.41, 5.74) is 1.32. The Hall–Kier alpha value is -2.51. The largest absolute Gasteiger partial charge is 0.300 e. The zero-order valence-corrected chi connectivity index (χ0v) is 12.2. The summed E-state index contributed by atoms with van der Waals surface area (Å²) in [7, 11) is -3.92. The van der Waals surface area contributed by atoms with Crippen molar-refractivity contribution in [1.82, 2.24) is 0 Å². The minimum absolute atomic E-state index is 0.0625. The monoisotopic (exact) mass is 316 g/mol. The number of Topliss-reactive ketones (excluding diaryl/α,β-unsaturated/α-hetero) is 1. The Labute approximate surface area is 127 Å². The molecule has 1 amide bonds. The maximum absolute atomic E-state index is 12.1. The second-order valence-electron chi connectivity index (χ2n) is 4.93. The first-order valence-electron chi connectivity index (χ1n) is 6.45. The van der Waals surface area contributed by atoms with E-state index in [1.807, 2.05) is 30.3 Å². The topological polar surface area (TPSA) is 97.5 Å². The van der Waals surface area contributed by atoms with Crippen LogP contribution in [0.5, 0.6) is 0 Å². The molecule has 0 spiro atoms. The maximum Gasteiger partial charge on any atom is 0.299 e. The molecular weight excluding hydrogens is 304 g/mol. The highest BCUT2D eigenvalue weighted by Crippen LogP contribution is 2.31. The number of nitrogens with two attached hydrogens (primary N) is 1. The van der Waals surface area contributed by atoms with Crippen LogP contribution < -0.4 is 10.0 Å². The second kappa shape index (κ2) is 5.04. The van der Waals surface area contributed by atoms with Crippen molar-refractivity contribution >= 4 is 27.4 Å². The SMILES string of the molecule is NS(=O)(=O)c1ccc2c(c1)C(=O)C(=O)N2Cc1ccccc1. The second-order valence-corrected chi connectivity index (χ2v) is 6.49. The van der Waals surface area contributed by atoms with Gasteiger partial charge in [0.1, 0.15) is 0 Å². The Morgan fingerprint density at radius 1 is 1.00 bits per heavy atom. The van der Waals surface area contributed by atoms with Crippen LogP contribution in [-0.4, -0.2) is 20.1 Å². The molecule has 6 nitrogen and oxygen atoms in total. The van der Waals surface area contributed by atoms with Gasteiger partial charge in [0.05, 0.1) is 22.7 Å². The highest BCUT2D eigenvalue weighted by molar-refractivity contribution is 7.89. The summed E-state index contributed by atoms with van der Waals surface area (Å²) in [4.78, 5) is 25.3. The molecule has 1 aliphatic rings. The number of carbonyl (C=O) groups is 2. The molecule has 1 heterocycles. The molecule has 22 heavy (non-hydrogen) atoms. The number of nitrogens with zero attached hydrogens (tertiary/aromatic N) is 1. The number of carbonyl (C=O) groups excluding carboxylic acids is 2. The van der Waals surface area contributed by atoms with Crippen LogP contribution in [0.2, 0.25) is 0 Å².